The van der Waals surface area contributed by atoms with Crippen LogP contribution < -0.4 is 21.2 Å². The van der Waals surface area contributed by atoms with Gasteiger partial charge in [0.2, 0.25) is 0 Å². The third-order valence-corrected chi connectivity index (χ3v) is 11.6. The summed E-state index contributed by atoms with van der Waals surface area (Å²) in [6, 6.07) is 0. The van der Waals surface area contributed by atoms with Crippen LogP contribution in [0.2, 0.25) is 0 Å². The van der Waals surface area contributed by atoms with Crippen molar-refractivity contribution in [3.8, 4) is 0 Å². The summed E-state index contributed by atoms with van der Waals surface area (Å²) >= 11 is -0.421. The molecule has 4 fully saturated rings. The normalized spacial score (nSPS) is 54.4. The van der Waals surface area contributed by atoms with Gasteiger partial charge in [-0.05, 0) is 0 Å². The van der Waals surface area contributed by atoms with Gasteiger partial charge in [-0.15, -0.1) is 0 Å². The molecule has 2 bridgehead atoms. The third kappa shape index (κ3) is 1.30. The van der Waals surface area contributed by atoms with E-state index >= 15 is 0 Å². The molecule has 0 saturated carbocycles. The van der Waals surface area contributed by atoms with Crippen LogP contribution in [0.15, 0.2) is 0 Å². The van der Waals surface area contributed by atoms with Crippen molar-refractivity contribution >= 4 is 9.84 Å². The molecule has 4 aliphatic rings. The Labute approximate surface area is 106 Å². The molecule has 6 heteroatoms. The van der Waals surface area contributed by atoms with Gasteiger partial charge < -0.3 is 0 Å². The average Bonchev–Trinajstić information content (AvgIpc) is 2.63. The monoisotopic (exact) mass is 359 g/mol. The Hall–Kier alpha value is 0.600. The zero-order chi connectivity index (χ0) is 11.6. The molecule has 4 nitrogen and oxygen atoms in total. The van der Waals surface area contributed by atoms with Gasteiger partial charge in [0, 0.05) is 0 Å². The van der Waals surface area contributed by atoms with Crippen molar-refractivity contribution in [2.24, 2.45) is 0 Å². The minimum absolute atomic E-state index is 0.0592. The van der Waals surface area contributed by atoms with Gasteiger partial charge >= 0.3 is 107 Å². The second-order valence-electron chi connectivity index (χ2n) is 4.76. The Morgan fingerprint density at radius 3 is 2.81 bits per heavy atom. The Balaban J connectivity index is 2.06. The van der Waals surface area contributed by atoms with Gasteiger partial charge in [0.15, 0.2) is 0 Å². The topological polar surface area (TPSA) is 52.6 Å². The van der Waals surface area contributed by atoms with Crippen LogP contribution in [0.3, 0.4) is 0 Å². The summed E-state index contributed by atoms with van der Waals surface area (Å²) in [6.07, 6.45) is 1.61. The number of ether oxygens (including phenoxy) is 2. The number of fused-ring (bicyclic) bond motifs is 2. The number of hydrogen-bond acceptors (Lipinski definition) is 4. The molecule has 5 unspecified atom stereocenters. The maximum absolute atomic E-state index is 12.3. The van der Waals surface area contributed by atoms with Gasteiger partial charge in [-0.25, -0.2) is 0 Å². The van der Waals surface area contributed by atoms with E-state index in [9.17, 15) is 8.42 Å². The first-order valence-electron chi connectivity index (χ1n) is 5.64. The van der Waals surface area contributed by atoms with Gasteiger partial charge in [-0.1, -0.05) is 0 Å². The molecule has 4 rings (SSSR count). The molecule has 5 atom stereocenters. The number of hydrogen-bond donors (Lipinski definition) is 0. The Morgan fingerprint density at radius 2 is 2.25 bits per heavy atom. The zero-order valence-electron chi connectivity index (χ0n) is 9.35. The summed E-state index contributed by atoms with van der Waals surface area (Å²) in [5, 5.41) is -0.299. The van der Waals surface area contributed by atoms with Crippen molar-refractivity contribution < 1.29 is 39.1 Å². The molecule has 1 spiro atoms. The zero-order valence-corrected chi connectivity index (χ0v) is 12.3. The van der Waals surface area contributed by atoms with Crippen LogP contribution in [0.1, 0.15) is 26.7 Å². The maximum atomic E-state index is 12.3. The first kappa shape index (κ1) is 11.7. The predicted molar refractivity (Wildman–Crippen MR) is 54.4 cm³/mol. The SMILES string of the molecule is CCC1CC2C3(C[I-]C(OC3C)S2(=O)=O)O1. The fourth-order valence-electron chi connectivity index (χ4n) is 2.91. The van der Waals surface area contributed by atoms with E-state index in [2.05, 4.69) is 6.92 Å². The van der Waals surface area contributed by atoms with E-state index in [0.717, 1.165) is 10.8 Å². The molecule has 0 amide bonds. The number of alkyl halides is 2. The van der Waals surface area contributed by atoms with Crippen LogP contribution in [-0.4, -0.2) is 39.3 Å². The van der Waals surface area contributed by atoms with E-state index in [-0.39, 0.29) is 17.5 Å². The molecule has 0 aromatic carbocycles. The van der Waals surface area contributed by atoms with Crippen molar-refractivity contribution in [3.05, 3.63) is 0 Å². The van der Waals surface area contributed by atoms with E-state index in [0.29, 0.717) is 6.42 Å². The summed E-state index contributed by atoms with van der Waals surface area (Å²) in [5.74, 6) is 0. The van der Waals surface area contributed by atoms with Crippen LogP contribution in [0, 0.1) is 0 Å². The Bertz CT molecular complexity index is 409. The van der Waals surface area contributed by atoms with Crippen molar-refractivity contribution in [1.29, 1.82) is 0 Å². The van der Waals surface area contributed by atoms with Crippen LogP contribution in [0.25, 0.3) is 0 Å². The van der Waals surface area contributed by atoms with E-state index in [1.807, 2.05) is 6.92 Å². The van der Waals surface area contributed by atoms with Gasteiger partial charge in [-0.3, -0.25) is 0 Å². The van der Waals surface area contributed by atoms with Crippen molar-refractivity contribution in [2.75, 3.05) is 4.43 Å². The van der Waals surface area contributed by atoms with E-state index < -0.39 is 40.1 Å². The fourth-order valence-corrected chi connectivity index (χ4v) is 11.3. The molecule has 0 N–H and O–H groups in total. The molecule has 4 heterocycles. The molecule has 0 aromatic heterocycles. The van der Waals surface area contributed by atoms with Crippen LogP contribution in [0.4, 0.5) is 0 Å². The van der Waals surface area contributed by atoms with Crippen LogP contribution in [0.5, 0.6) is 0 Å². The number of rotatable bonds is 1. The van der Waals surface area contributed by atoms with Crippen LogP contribution >= 0.6 is 0 Å². The summed E-state index contributed by atoms with van der Waals surface area (Å²) in [7, 11) is -3.08. The van der Waals surface area contributed by atoms with E-state index in [4.69, 9.17) is 9.47 Å². The van der Waals surface area contributed by atoms with E-state index in [1.54, 1.807) is 0 Å². The second kappa shape index (κ2) is 3.55. The van der Waals surface area contributed by atoms with Gasteiger partial charge in [0.1, 0.15) is 0 Å². The fraction of sp³-hybridized carbons (Fsp3) is 1.00. The molecule has 0 radical (unpaired) electrons. The molecule has 94 valence electrons. The van der Waals surface area contributed by atoms with Crippen molar-refractivity contribution in [3.63, 3.8) is 0 Å². The summed E-state index contributed by atoms with van der Waals surface area (Å²) in [6.45, 7) is 4.02. The van der Waals surface area contributed by atoms with Crippen LogP contribution in [-0.2, 0) is 19.3 Å². The van der Waals surface area contributed by atoms with Crippen molar-refractivity contribution in [2.45, 2.75) is 53.2 Å². The Morgan fingerprint density at radius 1 is 1.50 bits per heavy atom. The predicted octanol–water partition coefficient (Wildman–Crippen LogP) is -2.49. The summed E-state index contributed by atoms with van der Waals surface area (Å²) in [4.78, 5) is 0. The first-order chi connectivity index (χ1) is 7.50. The molecular formula is C10H16IO4S-. The molecule has 4 saturated heterocycles. The summed E-state index contributed by atoms with van der Waals surface area (Å²) < 4.78 is 36.7. The number of halogens is 1. The minimum atomic E-state index is -3.08. The van der Waals surface area contributed by atoms with Gasteiger partial charge in [-0.2, -0.15) is 0 Å². The van der Waals surface area contributed by atoms with E-state index in [1.165, 1.54) is 0 Å². The molecule has 4 aliphatic heterocycles. The average molecular weight is 359 g/mol. The first-order valence-corrected chi connectivity index (χ1v) is 10.0. The Kier molecular flexibility index (Phi) is 2.59. The quantitative estimate of drug-likeness (QED) is 0.384. The molecule has 16 heavy (non-hydrogen) atoms. The summed E-state index contributed by atoms with van der Waals surface area (Å²) in [5.41, 5.74) is -0.498. The number of sulfone groups is 1. The standard InChI is InChI=1S/C10H16IO4S/c1-3-7-4-8-10(15-7)5-11-9(14-6(10)2)16(8,12)13/h6-9H,3-5H2,1-2H3/q-1. The molecule has 0 aliphatic carbocycles. The molecule has 0 aromatic rings. The third-order valence-electron chi connectivity index (χ3n) is 3.93. The second-order valence-corrected chi connectivity index (χ2v) is 10.6. The van der Waals surface area contributed by atoms with Gasteiger partial charge in [0.05, 0.1) is 0 Å². The van der Waals surface area contributed by atoms with Crippen molar-refractivity contribution in [1.82, 2.24) is 0 Å². The molecular weight excluding hydrogens is 343 g/mol. The van der Waals surface area contributed by atoms with Gasteiger partial charge in [0.25, 0.3) is 0 Å².